The number of hydrogen-bond donors (Lipinski definition) is 2. The van der Waals surface area contributed by atoms with Crippen LogP contribution < -0.4 is 5.32 Å². The number of aliphatic carboxylic acids is 1. The van der Waals surface area contributed by atoms with Gasteiger partial charge in [-0.3, -0.25) is 9.59 Å². The van der Waals surface area contributed by atoms with Crippen LogP contribution in [0.3, 0.4) is 0 Å². The van der Waals surface area contributed by atoms with E-state index in [0.717, 1.165) is 0 Å². The van der Waals surface area contributed by atoms with Crippen LogP contribution >= 0.6 is 0 Å². The lowest BCUT2D eigenvalue weighted by molar-refractivity contribution is -0.145. The molecule has 0 aliphatic rings. The Morgan fingerprint density at radius 2 is 1.75 bits per heavy atom. The average Bonchev–Trinajstić information content (AvgIpc) is 2.27. The molecule has 0 heterocycles. The molecule has 1 aromatic rings. The molecule has 1 rings (SSSR count). The molecule has 0 spiro atoms. The van der Waals surface area contributed by atoms with Crippen LogP contribution in [0.1, 0.15) is 13.8 Å². The molecule has 0 bridgehead atoms. The summed E-state index contributed by atoms with van der Waals surface area (Å²) in [4.78, 5) is 22.6. The van der Waals surface area contributed by atoms with Crippen molar-refractivity contribution in [3.63, 3.8) is 0 Å². The minimum Gasteiger partial charge on any atom is -0.481 e. The standard InChI is InChI=1S/C13H17NO5S/c1-13(2,12(16)17)9-20(18,19)8-11(15)14-10-6-4-3-5-7-10/h3-7H,8-9H2,1-2H3,(H,14,15)(H,16,17). The number of benzene rings is 1. The lowest BCUT2D eigenvalue weighted by atomic mass is 9.97. The first kappa shape index (κ1) is 16.2. The van der Waals surface area contributed by atoms with Crippen molar-refractivity contribution in [2.45, 2.75) is 13.8 Å². The fourth-order valence-electron chi connectivity index (χ4n) is 1.58. The topological polar surface area (TPSA) is 101 Å². The van der Waals surface area contributed by atoms with Crippen molar-refractivity contribution in [1.29, 1.82) is 0 Å². The zero-order chi connectivity index (χ0) is 15.4. The zero-order valence-electron chi connectivity index (χ0n) is 11.3. The van der Waals surface area contributed by atoms with E-state index in [0.29, 0.717) is 5.69 Å². The quantitative estimate of drug-likeness (QED) is 0.820. The summed E-state index contributed by atoms with van der Waals surface area (Å²) < 4.78 is 23.7. The van der Waals surface area contributed by atoms with Gasteiger partial charge in [0, 0.05) is 5.69 Å². The van der Waals surface area contributed by atoms with Crippen molar-refractivity contribution >= 4 is 27.4 Å². The summed E-state index contributed by atoms with van der Waals surface area (Å²) in [5, 5.41) is 11.4. The predicted octanol–water partition coefficient (Wildman–Crippen LogP) is 1.15. The van der Waals surface area contributed by atoms with Crippen LogP contribution in [0.4, 0.5) is 5.69 Å². The molecule has 0 saturated heterocycles. The zero-order valence-corrected chi connectivity index (χ0v) is 12.1. The third-order valence-corrected chi connectivity index (χ3v) is 4.43. The van der Waals surface area contributed by atoms with E-state index in [1.807, 2.05) is 0 Å². The van der Waals surface area contributed by atoms with Gasteiger partial charge in [0.1, 0.15) is 5.75 Å². The van der Waals surface area contributed by atoms with E-state index in [1.165, 1.54) is 13.8 Å². The molecule has 0 fully saturated rings. The predicted molar refractivity (Wildman–Crippen MR) is 75.1 cm³/mol. The van der Waals surface area contributed by atoms with Crippen molar-refractivity contribution in [1.82, 2.24) is 0 Å². The summed E-state index contributed by atoms with van der Waals surface area (Å²) in [6.07, 6.45) is 0. The van der Waals surface area contributed by atoms with Crippen LogP contribution in [-0.4, -0.2) is 36.9 Å². The van der Waals surface area contributed by atoms with Crippen molar-refractivity contribution in [3.8, 4) is 0 Å². The Morgan fingerprint density at radius 1 is 1.20 bits per heavy atom. The number of nitrogens with one attached hydrogen (secondary N) is 1. The number of amides is 1. The largest absolute Gasteiger partial charge is 0.481 e. The highest BCUT2D eigenvalue weighted by molar-refractivity contribution is 7.92. The maximum Gasteiger partial charge on any atom is 0.310 e. The molecule has 0 aromatic heterocycles. The van der Waals surface area contributed by atoms with E-state index in [2.05, 4.69) is 5.32 Å². The number of hydrogen-bond acceptors (Lipinski definition) is 4. The molecule has 0 atom stereocenters. The molecule has 0 aliphatic carbocycles. The van der Waals surface area contributed by atoms with Gasteiger partial charge in [0.05, 0.1) is 11.2 Å². The highest BCUT2D eigenvalue weighted by atomic mass is 32.2. The summed E-state index contributed by atoms with van der Waals surface area (Å²) in [6, 6.07) is 8.44. The van der Waals surface area contributed by atoms with Gasteiger partial charge in [-0.15, -0.1) is 0 Å². The number of anilines is 1. The summed E-state index contributed by atoms with van der Waals surface area (Å²) in [5.41, 5.74) is -0.934. The highest BCUT2D eigenvalue weighted by Crippen LogP contribution is 2.18. The lowest BCUT2D eigenvalue weighted by Gasteiger charge is -2.18. The van der Waals surface area contributed by atoms with Gasteiger partial charge in [-0.25, -0.2) is 8.42 Å². The molecule has 6 nitrogen and oxygen atoms in total. The van der Waals surface area contributed by atoms with E-state index in [9.17, 15) is 18.0 Å². The summed E-state index contributed by atoms with van der Waals surface area (Å²) in [5.74, 6) is -3.22. The summed E-state index contributed by atoms with van der Waals surface area (Å²) in [7, 11) is -3.80. The van der Waals surface area contributed by atoms with Gasteiger partial charge in [0.15, 0.2) is 9.84 Å². The number of rotatable bonds is 6. The molecule has 0 unspecified atom stereocenters. The molecule has 7 heteroatoms. The van der Waals surface area contributed by atoms with Crippen LogP contribution in [0, 0.1) is 5.41 Å². The Labute approximate surface area is 117 Å². The Balaban J connectivity index is 2.67. The van der Waals surface area contributed by atoms with Gasteiger partial charge in [0.25, 0.3) is 0 Å². The molecule has 1 aromatic carbocycles. The van der Waals surface area contributed by atoms with Crippen LogP contribution in [0.15, 0.2) is 30.3 Å². The number of carbonyl (C=O) groups is 2. The number of para-hydroxylation sites is 1. The lowest BCUT2D eigenvalue weighted by Crippen LogP contribution is -2.35. The van der Waals surface area contributed by atoms with Gasteiger partial charge in [-0.2, -0.15) is 0 Å². The van der Waals surface area contributed by atoms with Gasteiger partial charge in [-0.1, -0.05) is 18.2 Å². The van der Waals surface area contributed by atoms with E-state index >= 15 is 0 Å². The summed E-state index contributed by atoms with van der Waals surface area (Å²) >= 11 is 0. The Bertz CT molecular complexity index is 592. The van der Waals surface area contributed by atoms with Crippen molar-refractivity contribution in [2.24, 2.45) is 5.41 Å². The second kappa shape index (κ2) is 6.04. The van der Waals surface area contributed by atoms with E-state index in [4.69, 9.17) is 5.11 Å². The maximum atomic E-state index is 11.8. The highest BCUT2D eigenvalue weighted by Gasteiger charge is 2.34. The molecule has 110 valence electrons. The van der Waals surface area contributed by atoms with Crippen molar-refractivity contribution in [3.05, 3.63) is 30.3 Å². The first-order valence-electron chi connectivity index (χ1n) is 5.91. The fourth-order valence-corrected chi connectivity index (χ4v) is 3.38. The van der Waals surface area contributed by atoms with Crippen LogP contribution in [0.5, 0.6) is 0 Å². The van der Waals surface area contributed by atoms with Crippen LogP contribution in [0.25, 0.3) is 0 Å². The molecule has 1 amide bonds. The Hall–Kier alpha value is -1.89. The summed E-state index contributed by atoms with van der Waals surface area (Å²) in [6.45, 7) is 2.62. The monoisotopic (exact) mass is 299 g/mol. The Morgan fingerprint density at radius 3 is 2.25 bits per heavy atom. The third kappa shape index (κ3) is 5.00. The minimum atomic E-state index is -3.80. The normalized spacial score (nSPS) is 11.9. The van der Waals surface area contributed by atoms with Crippen molar-refractivity contribution in [2.75, 3.05) is 16.8 Å². The molecular formula is C13H17NO5S. The first-order chi connectivity index (χ1) is 9.12. The van der Waals surface area contributed by atoms with E-state index in [-0.39, 0.29) is 0 Å². The third-order valence-electron chi connectivity index (χ3n) is 2.57. The second-order valence-electron chi connectivity index (χ2n) is 5.14. The van der Waals surface area contributed by atoms with Gasteiger partial charge >= 0.3 is 5.97 Å². The molecule has 2 N–H and O–H groups in total. The van der Waals surface area contributed by atoms with E-state index in [1.54, 1.807) is 30.3 Å². The number of carboxylic acid groups (broad SMARTS) is 1. The minimum absolute atomic E-state index is 0.491. The molecule has 0 saturated carbocycles. The first-order valence-corrected chi connectivity index (χ1v) is 7.73. The van der Waals surface area contributed by atoms with Gasteiger partial charge in [-0.05, 0) is 26.0 Å². The Kier molecular flexibility index (Phi) is 4.88. The fraction of sp³-hybridized carbons (Fsp3) is 0.385. The van der Waals surface area contributed by atoms with Crippen molar-refractivity contribution < 1.29 is 23.1 Å². The smallest absolute Gasteiger partial charge is 0.310 e. The average molecular weight is 299 g/mol. The van der Waals surface area contributed by atoms with Crippen LogP contribution in [0.2, 0.25) is 0 Å². The molecule has 0 radical (unpaired) electrons. The molecular weight excluding hydrogens is 282 g/mol. The van der Waals surface area contributed by atoms with Gasteiger partial charge in [0.2, 0.25) is 5.91 Å². The second-order valence-corrected chi connectivity index (χ2v) is 7.20. The number of carboxylic acids is 1. The number of sulfone groups is 1. The molecule has 20 heavy (non-hydrogen) atoms. The van der Waals surface area contributed by atoms with Gasteiger partial charge < -0.3 is 10.4 Å². The van der Waals surface area contributed by atoms with E-state index < -0.39 is 38.6 Å². The molecule has 0 aliphatic heterocycles. The number of carbonyl (C=O) groups excluding carboxylic acids is 1. The maximum absolute atomic E-state index is 11.8. The van der Waals surface area contributed by atoms with Crippen LogP contribution in [-0.2, 0) is 19.4 Å². The SMILES string of the molecule is CC(C)(CS(=O)(=O)CC(=O)Nc1ccccc1)C(=O)O.